The van der Waals surface area contributed by atoms with Crippen molar-refractivity contribution in [2.24, 2.45) is 4.99 Å². The second-order valence-electron chi connectivity index (χ2n) is 3.48. The van der Waals surface area contributed by atoms with Crippen LogP contribution >= 0.6 is 0 Å². The molecule has 13 heavy (non-hydrogen) atoms. The lowest BCUT2D eigenvalue weighted by Crippen LogP contribution is -2.26. The zero-order valence-corrected chi connectivity index (χ0v) is 7.64. The summed E-state index contributed by atoms with van der Waals surface area (Å²) in [5.74, 6) is 0. The normalized spacial score (nSPS) is 26.2. The predicted molar refractivity (Wildman–Crippen MR) is 54.1 cm³/mol. The fourth-order valence-corrected chi connectivity index (χ4v) is 1.48. The van der Waals surface area contributed by atoms with Gasteiger partial charge in [-0.1, -0.05) is 12.1 Å². The molecule has 0 amide bonds. The summed E-state index contributed by atoms with van der Waals surface area (Å²) in [5, 5.41) is 0. The molecule has 1 aromatic heterocycles. The average molecular weight is 172 g/mol. The van der Waals surface area contributed by atoms with E-state index in [-0.39, 0.29) is 5.41 Å². The van der Waals surface area contributed by atoms with Gasteiger partial charge < -0.3 is 0 Å². The Kier molecular flexibility index (Phi) is 1.97. The predicted octanol–water partition coefficient (Wildman–Crippen LogP) is 1.98. The van der Waals surface area contributed by atoms with Gasteiger partial charge in [-0.05, 0) is 25.1 Å². The molecule has 0 aliphatic carbocycles. The lowest BCUT2D eigenvalue weighted by molar-refractivity contribution is 0.586. The highest BCUT2D eigenvalue weighted by molar-refractivity contribution is 5.73. The van der Waals surface area contributed by atoms with Gasteiger partial charge in [0.2, 0.25) is 0 Å². The van der Waals surface area contributed by atoms with E-state index in [1.54, 1.807) is 0 Å². The Morgan fingerprint density at radius 1 is 1.38 bits per heavy atom. The van der Waals surface area contributed by atoms with Crippen LogP contribution < -0.4 is 0 Å². The number of dihydropyridines is 1. The summed E-state index contributed by atoms with van der Waals surface area (Å²) in [4.78, 5) is 8.60. The first-order valence-electron chi connectivity index (χ1n) is 4.40. The SMILES string of the molecule is CC1(c2ccccn2)C=CC=NC1. The van der Waals surface area contributed by atoms with Crippen molar-refractivity contribution in [1.82, 2.24) is 4.98 Å². The molecule has 66 valence electrons. The first-order chi connectivity index (χ1) is 6.31. The van der Waals surface area contributed by atoms with E-state index in [1.165, 1.54) is 0 Å². The summed E-state index contributed by atoms with van der Waals surface area (Å²) in [6, 6.07) is 5.99. The molecule has 1 aliphatic rings. The van der Waals surface area contributed by atoms with E-state index in [0.29, 0.717) is 0 Å². The maximum Gasteiger partial charge on any atom is 0.0533 e. The number of allylic oxidation sites excluding steroid dienone is 1. The van der Waals surface area contributed by atoms with E-state index in [1.807, 2.05) is 36.7 Å². The van der Waals surface area contributed by atoms with Crippen LogP contribution in [0.5, 0.6) is 0 Å². The van der Waals surface area contributed by atoms with E-state index >= 15 is 0 Å². The molecule has 0 fully saturated rings. The van der Waals surface area contributed by atoms with Gasteiger partial charge in [-0.15, -0.1) is 0 Å². The third-order valence-electron chi connectivity index (χ3n) is 2.33. The summed E-state index contributed by atoms with van der Waals surface area (Å²) in [7, 11) is 0. The average Bonchev–Trinajstić information content (AvgIpc) is 2.20. The maximum atomic E-state index is 4.35. The standard InChI is InChI=1S/C11H12N2/c1-11(6-4-7-12-9-11)10-5-2-3-8-13-10/h2-8H,9H2,1H3. The molecule has 0 N–H and O–H groups in total. The van der Waals surface area contributed by atoms with E-state index in [0.717, 1.165) is 12.2 Å². The maximum absolute atomic E-state index is 4.35. The zero-order valence-electron chi connectivity index (χ0n) is 7.64. The van der Waals surface area contributed by atoms with Crippen LogP contribution in [-0.4, -0.2) is 17.7 Å². The third kappa shape index (κ3) is 1.52. The van der Waals surface area contributed by atoms with Crippen molar-refractivity contribution >= 4 is 6.21 Å². The summed E-state index contributed by atoms with van der Waals surface area (Å²) in [6.45, 7) is 2.95. The van der Waals surface area contributed by atoms with Crippen LogP contribution in [0.15, 0.2) is 41.5 Å². The number of hydrogen-bond acceptors (Lipinski definition) is 2. The molecule has 2 nitrogen and oxygen atoms in total. The number of hydrogen-bond donors (Lipinski definition) is 0. The molecule has 2 rings (SSSR count). The Balaban J connectivity index is 2.35. The summed E-state index contributed by atoms with van der Waals surface area (Å²) >= 11 is 0. The topological polar surface area (TPSA) is 25.2 Å². The van der Waals surface area contributed by atoms with Crippen LogP contribution in [0.3, 0.4) is 0 Å². The van der Waals surface area contributed by atoms with Crippen LogP contribution in [0.2, 0.25) is 0 Å². The summed E-state index contributed by atoms with van der Waals surface area (Å²) in [6.07, 6.45) is 7.80. The van der Waals surface area contributed by atoms with Crippen LogP contribution in [0, 0.1) is 0 Å². The van der Waals surface area contributed by atoms with Crippen LogP contribution in [0.4, 0.5) is 0 Å². The second kappa shape index (κ2) is 3.13. The number of aliphatic imine (C=N–C) groups is 1. The first-order valence-corrected chi connectivity index (χ1v) is 4.40. The molecule has 2 heteroatoms. The molecule has 0 spiro atoms. The van der Waals surface area contributed by atoms with Gasteiger partial charge in [0.1, 0.15) is 0 Å². The van der Waals surface area contributed by atoms with Crippen molar-refractivity contribution in [2.45, 2.75) is 12.3 Å². The highest BCUT2D eigenvalue weighted by atomic mass is 14.8. The number of rotatable bonds is 1. The lowest BCUT2D eigenvalue weighted by Gasteiger charge is -2.24. The summed E-state index contributed by atoms with van der Waals surface area (Å²) < 4.78 is 0. The Labute approximate surface area is 78.0 Å². The largest absolute Gasteiger partial charge is 0.292 e. The number of nitrogens with zero attached hydrogens (tertiary/aromatic N) is 2. The first kappa shape index (κ1) is 8.17. The van der Waals surface area contributed by atoms with E-state index in [9.17, 15) is 0 Å². The molecule has 2 heterocycles. The molecular formula is C11H12N2. The van der Waals surface area contributed by atoms with Crippen molar-refractivity contribution < 1.29 is 0 Å². The van der Waals surface area contributed by atoms with Crippen molar-refractivity contribution in [1.29, 1.82) is 0 Å². The Morgan fingerprint density at radius 3 is 2.92 bits per heavy atom. The van der Waals surface area contributed by atoms with Crippen LogP contribution in [-0.2, 0) is 5.41 Å². The van der Waals surface area contributed by atoms with Gasteiger partial charge in [-0.3, -0.25) is 9.98 Å². The van der Waals surface area contributed by atoms with Gasteiger partial charge in [0, 0.05) is 17.8 Å². The second-order valence-corrected chi connectivity index (χ2v) is 3.48. The van der Waals surface area contributed by atoms with Gasteiger partial charge in [0.05, 0.1) is 12.2 Å². The van der Waals surface area contributed by atoms with Crippen molar-refractivity contribution in [3.05, 3.63) is 42.2 Å². The molecule has 1 unspecified atom stereocenters. The number of pyridine rings is 1. The molecule has 0 aromatic carbocycles. The summed E-state index contributed by atoms with van der Waals surface area (Å²) in [5.41, 5.74) is 1.07. The molecular weight excluding hydrogens is 160 g/mol. The quantitative estimate of drug-likeness (QED) is 0.636. The van der Waals surface area contributed by atoms with E-state index < -0.39 is 0 Å². The van der Waals surface area contributed by atoms with E-state index in [2.05, 4.69) is 23.0 Å². The highest BCUT2D eigenvalue weighted by Gasteiger charge is 2.25. The highest BCUT2D eigenvalue weighted by Crippen LogP contribution is 2.25. The molecule has 1 aromatic rings. The monoisotopic (exact) mass is 172 g/mol. The van der Waals surface area contributed by atoms with E-state index in [4.69, 9.17) is 0 Å². The van der Waals surface area contributed by atoms with Crippen molar-refractivity contribution in [3.8, 4) is 0 Å². The van der Waals surface area contributed by atoms with Crippen LogP contribution in [0.25, 0.3) is 0 Å². The molecule has 1 aliphatic heterocycles. The Hall–Kier alpha value is -1.44. The minimum Gasteiger partial charge on any atom is -0.292 e. The van der Waals surface area contributed by atoms with Gasteiger partial charge in [-0.2, -0.15) is 0 Å². The van der Waals surface area contributed by atoms with Gasteiger partial charge in [-0.25, -0.2) is 0 Å². The fraction of sp³-hybridized carbons (Fsp3) is 0.273. The Morgan fingerprint density at radius 2 is 2.31 bits per heavy atom. The lowest BCUT2D eigenvalue weighted by atomic mass is 9.85. The van der Waals surface area contributed by atoms with Crippen molar-refractivity contribution in [2.75, 3.05) is 6.54 Å². The van der Waals surface area contributed by atoms with Crippen LogP contribution in [0.1, 0.15) is 12.6 Å². The van der Waals surface area contributed by atoms with Gasteiger partial charge >= 0.3 is 0 Å². The molecule has 0 saturated carbocycles. The molecule has 1 atom stereocenters. The Bertz CT molecular complexity index is 340. The zero-order chi connectivity index (χ0) is 9.15. The van der Waals surface area contributed by atoms with Crippen molar-refractivity contribution in [3.63, 3.8) is 0 Å². The fourth-order valence-electron chi connectivity index (χ4n) is 1.48. The van der Waals surface area contributed by atoms with Gasteiger partial charge in [0.15, 0.2) is 0 Å². The minimum absolute atomic E-state index is 0.0178. The number of aromatic nitrogens is 1. The molecule has 0 bridgehead atoms. The molecule has 0 saturated heterocycles. The third-order valence-corrected chi connectivity index (χ3v) is 2.33. The van der Waals surface area contributed by atoms with Gasteiger partial charge in [0.25, 0.3) is 0 Å². The smallest absolute Gasteiger partial charge is 0.0533 e. The molecule has 0 radical (unpaired) electrons. The minimum atomic E-state index is -0.0178.